The van der Waals surface area contributed by atoms with Crippen molar-refractivity contribution in [3.8, 4) is 39.2 Å². The van der Waals surface area contributed by atoms with Gasteiger partial charge in [0, 0.05) is 33.8 Å². The second kappa shape index (κ2) is 17.8. The van der Waals surface area contributed by atoms with Gasteiger partial charge in [0.05, 0.1) is 41.8 Å². The van der Waals surface area contributed by atoms with E-state index in [-0.39, 0.29) is 46.2 Å². The molecule has 0 spiro atoms. The van der Waals surface area contributed by atoms with Gasteiger partial charge < -0.3 is 9.80 Å². The van der Waals surface area contributed by atoms with Crippen molar-refractivity contribution in [2.24, 2.45) is 0 Å². The fourth-order valence-electron chi connectivity index (χ4n) is 10.2. The molecule has 4 heteroatoms. The zero-order valence-electron chi connectivity index (χ0n) is 50.1. The van der Waals surface area contributed by atoms with E-state index in [1.54, 1.807) is 18.2 Å². The summed E-state index contributed by atoms with van der Waals surface area (Å²) in [6.07, 6.45) is 2.47. The van der Waals surface area contributed by atoms with E-state index in [4.69, 9.17) is 13.2 Å². The first-order valence-corrected chi connectivity index (χ1v) is 23.8. The van der Waals surface area contributed by atoms with Crippen LogP contribution in [0.1, 0.15) is 102 Å². The number of hydrogen-bond acceptors (Lipinski definition) is 3. The molecule has 0 aliphatic carbocycles. The van der Waals surface area contributed by atoms with Crippen molar-refractivity contribution in [1.29, 1.82) is 0 Å². The smallest absolute Gasteiger partial charge is 0.137 e. The highest BCUT2D eigenvalue weighted by molar-refractivity contribution is 6.09. The molecule has 4 nitrogen and oxygen atoms in total. The van der Waals surface area contributed by atoms with E-state index in [9.17, 15) is 5.48 Å². The minimum atomic E-state index is -0.541. The Morgan fingerprint density at radius 1 is 0.551 bits per heavy atom. The first kappa shape index (κ1) is 33.7. The summed E-state index contributed by atoms with van der Waals surface area (Å²) >= 11 is 0. The van der Waals surface area contributed by atoms with Crippen molar-refractivity contribution in [1.82, 2.24) is 9.55 Å². The van der Waals surface area contributed by atoms with Gasteiger partial charge in [-0.1, -0.05) is 194 Å². The zero-order chi connectivity index (χ0) is 56.1. The van der Waals surface area contributed by atoms with E-state index in [1.807, 2.05) is 35.4 Å². The second-order valence-corrected chi connectivity index (χ2v) is 19.7. The Hall–Kier alpha value is -7.69. The van der Waals surface area contributed by atoms with Crippen LogP contribution in [-0.4, -0.2) is 16.2 Å². The molecule has 0 saturated heterocycles. The largest absolute Gasteiger partial charge is 0.321 e. The third kappa shape index (κ3) is 8.08. The molecule has 2 aromatic heterocycles. The predicted octanol–water partition coefficient (Wildman–Crippen LogP) is 17.6. The first-order chi connectivity index (χ1) is 37.7. The van der Waals surface area contributed by atoms with Crippen LogP contribution >= 0.6 is 0 Å². The summed E-state index contributed by atoms with van der Waals surface area (Å²) in [6.45, 7) is 15.7. The van der Waals surface area contributed by atoms with Crippen molar-refractivity contribution in [3.05, 3.63) is 228 Å². The molecule has 8 aromatic carbocycles. The highest BCUT2D eigenvalue weighted by atomic mass is 15.4. The number of para-hydroxylation sites is 4. The maximum Gasteiger partial charge on any atom is 0.137 e. The molecule has 0 bridgehead atoms. The van der Waals surface area contributed by atoms with E-state index in [0.717, 1.165) is 55.7 Å². The molecule has 340 valence electrons. The lowest BCUT2D eigenvalue weighted by molar-refractivity contribution is 0.588. The summed E-state index contributed by atoms with van der Waals surface area (Å²) in [5.41, 5.74) is 13.1. The van der Waals surface area contributed by atoms with Crippen molar-refractivity contribution in [2.45, 2.75) is 72.1 Å². The van der Waals surface area contributed by atoms with Crippen LogP contribution in [0.5, 0.6) is 0 Å². The van der Waals surface area contributed by atoms with Crippen molar-refractivity contribution in [2.75, 3.05) is 16.5 Å². The molecule has 11 rings (SSSR count). The van der Waals surface area contributed by atoms with Gasteiger partial charge in [0.15, 0.2) is 0 Å². The van der Waals surface area contributed by atoms with Gasteiger partial charge in [-0.3, -0.25) is 4.57 Å². The Bertz CT molecular complexity index is 3950. The average Bonchev–Trinajstić information content (AvgIpc) is 4.16. The molecule has 0 amide bonds. The molecule has 0 unspecified atom stereocenters. The number of hydrogen-bond donors (Lipinski definition) is 0. The van der Waals surface area contributed by atoms with Gasteiger partial charge in [-0.25, -0.2) is 4.98 Å². The maximum absolute atomic E-state index is 9.23. The Morgan fingerprint density at radius 3 is 1.81 bits per heavy atom. The van der Waals surface area contributed by atoms with Crippen LogP contribution < -0.4 is 9.80 Å². The topological polar surface area (TPSA) is 24.3 Å². The predicted molar refractivity (Wildman–Crippen MR) is 293 cm³/mol. The van der Waals surface area contributed by atoms with Crippen LogP contribution in [-0.2, 0) is 11.8 Å². The summed E-state index contributed by atoms with van der Waals surface area (Å²) < 4.78 is 91.1. The van der Waals surface area contributed by atoms with Gasteiger partial charge in [0.25, 0.3) is 0 Å². The number of rotatable bonds is 10. The van der Waals surface area contributed by atoms with E-state index in [2.05, 4.69) is 149 Å². The quantitative estimate of drug-likeness (QED) is 0.137. The van der Waals surface area contributed by atoms with E-state index < -0.39 is 60.4 Å². The lowest BCUT2D eigenvalue weighted by atomic mass is 9.84. The molecule has 0 fully saturated rings. The number of benzene rings is 8. The average molecular weight is 907 g/mol. The molecule has 0 radical (unpaired) electrons. The molecule has 1 aliphatic heterocycles. The van der Waals surface area contributed by atoms with E-state index in [0.29, 0.717) is 17.8 Å². The number of nitrogens with zero attached hydrogens (tertiary/aromatic N) is 4. The summed E-state index contributed by atoms with van der Waals surface area (Å²) in [5, 5.41) is 2.27. The zero-order valence-corrected chi connectivity index (χ0v) is 40.1. The molecule has 69 heavy (non-hydrogen) atoms. The minimum Gasteiger partial charge on any atom is -0.321 e. The summed E-state index contributed by atoms with van der Waals surface area (Å²) in [6, 6.07) is 40.8. The van der Waals surface area contributed by atoms with Gasteiger partial charge in [0.1, 0.15) is 12.5 Å². The summed E-state index contributed by atoms with van der Waals surface area (Å²) in [5.74, 6) is 1.26. The second-order valence-electron chi connectivity index (χ2n) is 19.7. The Labute approximate surface area is 422 Å². The van der Waals surface area contributed by atoms with Crippen molar-refractivity contribution < 1.29 is 13.7 Å². The molecule has 0 atom stereocenters. The highest BCUT2D eigenvalue weighted by Gasteiger charge is 2.32. The van der Waals surface area contributed by atoms with Crippen molar-refractivity contribution in [3.63, 3.8) is 0 Å². The van der Waals surface area contributed by atoms with E-state index in [1.165, 1.54) is 22.3 Å². The Kier molecular flexibility index (Phi) is 8.68. The highest BCUT2D eigenvalue weighted by Crippen LogP contribution is 2.51. The van der Waals surface area contributed by atoms with Crippen molar-refractivity contribution >= 4 is 44.6 Å². The SMILES string of the molecule is [2H]c1c([2H])c([2H])c(-c2cccc(-c3c([2H])c([2H])c([2H])c([2H])c3[2H])c2N2CN(c3cc(Cc4ccc5c6ccccc6n(-c6cc(C(C)(C)C)ccn6)c5c4)cc(-c4c(C(C)C)cccc4C(C)C)c3)c3ccccc32)c([2H])c1[2H]. The molecule has 10 aromatic rings. The van der Waals surface area contributed by atoms with E-state index >= 15 is 0 Å². The molecule has 0 saturated carbocycles. The summed E-state index contributed by atoms with van der Waals surface area (Å²) in [4.78, 5) is 9.13. The first-order valence-electron chi connectivity index (χ1n) is 28.8. The number of aromatic nitrogens is 2. The fourth-order valence-corrected chi connectivity index (χ4v) is 10.2. The van der Waals surface area contributed by atoms with Crippen LogP contribution in [0, 0.1) is 0 Å². The third-order valence-corrected chi connectivity index (χ3v) is 13.5. The van der Waals surface area contributed by atoms with Crippen LogP contribution in [0.3, 0.4) is 0 Å². The monoisotopic (exact) mass is 907 g/mol. The fraction of sp³-hybridized carbons (Fsp3) is 0.185. The van der Waals surface area contributed by atoms with Gasteiger partial charge in [-0.2, -0.15) is 0 Å². The minimum absolute atomic E-state index is 0.0735. The standard InChI is InChI=1S/C65H60N4/c1-43(2)52-25-18-26-53(44(3)4)63(52)49-37-46(36-45-32-33-57-56-24-14-15-29-58(56)69(61(57)39-45)62-41-50(34-35-66-62)65(5,6)7)38-51(40-49)67-42-68(60-31-17-16-30-59(60)67)64-54(47-20-10-8-11-21-47)27-19-28-55(64)48-22-12-9-13-23-48/h8-35,37-41,43-44H,36,42H2,1-7H3/i8D,9D,10D,11D,12D,13D,20D,21D,22D,23D. The van der Waals surface area contributed by atoms with Gasteiger partial charge >= 0.3 is 0 Å². The number of anilines is 4. The van der Waals surface area contributed by atoms with Gasteiger partial charge in [0.2, 0.25) is 0 Å². The lowest BCUT2D eigenvalue weighted by Crippen LogP contribution is -2.25. The molecular weight excluding hydrogens is 837 g/mol. The molecule has 0 N–H and O–H groups in total. The van der Waals surface area contributed by atoms with Gasteiger partial charge in [-0.15, -0.1) is 0 Å². The Morgan fingerprint density at radius 2 is 1.16 bits per heavy atom. The number of pyridine rings is 1. The summed E-state index contributed by atoms with van der Waals surface area (Å²) in [7, 11) is 0. The lowest BCUT2D eigenvalue weighted by Gasteiger charge is -2.28. The maximum atomic E-state index is 9.23. The van der Waals surface area contributed by atoms with Crippen LogP contribution in [0.25, 0.3) is 61.0 Å². The molecule has 1 aliphatic rings. The molecular formula is C65H60N4. The van der Waals surface area contributed by atoms with Crippen LogP contribution in [0.4, 0.5) is 22.7 Å². The van der Waals surface area contributed by atoms with Crippen LogP contribution in [0.2, 0.25) is 0 Å². The third-order valence-electron chi connectivity index (χ3n) is 13.5. The number of fused-ring (bicyclic) bond motifs is 4. The van der Waals surface area contributed by atoms with Crippen LogP contribution in [0.15, 0.2) is 200 Å². The molecule has 3 heterocycles. The van der Waals surface area contributed by atoms with Gasteiger partial charge in [-0.05, 0) is 122 Å². The normalized spacial score (nSPS) is 14.8. The Balaban J connectivity index is 1.14.